The molecule has 0 unspecified atom stereocenters. The van der Waals surface area contributed by atoms with Crippen molar-refractivity contribution in [3.63, 3.8) is 0 Å². The molecule has 0 radical (unpaired) electrons. The van der Waals surface area contributed by atoms with Gasteiger partial charge < -0.3 is 10.4 Å². The van der Waals surface area contributed by atoms with E-state index in [-0.39, 0.29) is 16.5 Å². The first kappa shape index (κ1) is 14.3. The van der Waals surface area contributed by atoms with Gasteiger partial charge in [0.1, 0.15) is 0 Å². The smallest absolute Gasteiger partial charge is 0.335 e. The molecule has 0 heterocycles. The SMILES string of the molecule is CC/C=C(/C)C(=O)Nc1cc(Cl)cc(C(=O)O)c1. The van der Waals surface area contributed by atoms with E-state index in [9.17, 15) is 9.59 Å². The quantitative estimate of drug-likeness (QED) is 0.822. The third-order valence-electron chi connectivity index (χ3n) is 2.27. The average molecular weight is 268 g/mol. The number of carboxylic acids is 1. The van der Waals surface area contributed by atoms with Crippen LogP contribution in [0.3, 0.4) is 0 Å². The fourth-order valence-corrected chi connectivity index (χ4v) is 1.65. The molecule has 0 saturated heterocycles. The summed E-state index contributed by atoms with van der Waals surface area (Å²) >= 11 is 5.79. The fourth-order valence-electron chi connectivity index (χ4n) is 1.41. The predicted molar refractivity (Wildman–Crippen MR) is 71.1 cm³/mol. The average Bonchev–Trinajstić information content (AvgIpc) is 2.28. The molecule has 0 aromatic heterocycles. The highest BCUT2D eigenvalue weighted by atomic mass is 35.5. The van der Waals surface area contributed by atoms with Crippen molar-refractivity contribution in [2.24, 2.45) is 0 Å². The van der Waals surface area contributed by atoms with E-state index in [1.165, 1.54) is 18.2 Å². The van der Waals surface area contributed by atoms with E-state index in [0.29, 0.717) is 11.3 Å². The first-order chi connectivity index (χ1) is 8.43. The summed E-state index contributed by atoms with van der Waals surface area (Å²) in [5, 5.41) is 11.8. The largest absolute Gasteiger partial charge is 0.478 e. The number of rotatable bonds is 4. The normalized spacial score (nSPS) is 11.2. The topological polar surface area (TPSA) is 66.4 Å². The minimum absolute atomic E-state index is 0.0370. The van der Waals surface area contributed by atoms with Gasteiger partial charge in [0.05, 0.1) is 5.56 Å². The summed E-state index contributed by atoms with van der Waals surface area (Å²) in [7, 11) is 0. The second kappa shape index (κ2) is 6.21. The number of anilines is 1. The summed E-state index contributed by atoms with van der Waals surface area (Å²) in [4.78, 5) is 22.6. The molecule has 2 N–H and O–H groups in total. The van der Waals surface area contributed by atoms with Gasteiger partial charge in [-0.25, -0.2) is 4.79 Å². The molecule has 18 heavy (non-hydrogen) atoms. The fraction of sp³-hybridized carbons (Fsp3) is 0.231. The lowest BCUT2D eigenvalue weighted by molar-refractivity contribution is -0.112. The van der Waals surface area contributed by atoms with E-state index in [0.717, 1.165) is 6.42 Å². The summed E-state index contributed by atoms with van der Waals surface area (Å²) < 4.78 is 0. The van der Waals surface area contributed by atoms with Crippen molar-refractivity contribution in [2.75, 3.05) is 5.32 Å². The molecule has 0 aliphatic rings. The van der Waals surface area contributed by atoms with E-state index in [1.54, 1.807) is 13.0 Å². The van der Waals surface area contributed by atoms with Crippen LogP contribution in [0.4, 0.5) is 5.69 Å². The van der Waals surface area contributed by atoms with Crippen LogP contribution in [0.5, 0.6) is 0 Å². The van der Waals surface area contributed by atoms with Gasteiger partial charge in [-0.15, -0.1) is 0 Å². The van der Waals surface area contributed by atoms with Gasteiger partial charge in [-0.1, -0.05) is 24.6 Å². The highest BCUT2D eigenvalue weighted by molar-refractivity contribution is 6.31. The maximum atomic E-state index is 11.7. The van der Waals surface area contributed by atoms with Crippen molar-refractivity contribution in [2.45, 2.75) is 20.3 Å². The molecule has 1 rings (SSSR count). The van der Waals surface area contributed by atoms with Crippen LogP contribution in [-0.2, 0) is 4.79 Å². The van der Waals surface area contributed by atoms with Crippen LogP contribution in [0.15, 0.2) is 29.8 Å². The molecule has 0 spiro atoms. The van der Waals surface area contributed by atoms with Gasteiger partial charge in [-0.2, -0.15) is 0 Å². The second-order valence-corrected chi connectivity index (χ2v) is 4.22. The number of halogens is 1. The van der Waals surface area contributed by atoms with Gasteiger partial charge in [0.25, 0.3) is 5.91 Å². The Hall–Kier alpha value is -1.81. The van der Waals surface area contributed by atoms with Crippen molar-refractivity contribution in [3.05, 3.63) is 40.4 Å². The third-order valence-corrected chi connectivity index (χ3v) is 2.49. The third kappa shape index (κ3) is 3.89. The Morgan fingerprint density at radius 3 is 2.61 bits per heavy atom. The van der Waals surface area contributed by atoms with Gasteiger partial charge in [-0.3, -0.25) is 4.79 Å². The molecular formula is C13H14ClNO3. The molecule has 1 aromatic rings. The molecule has 4 nitrogen and oxygen atoms in total. The molecule has 1 aromatic carbocycles. The van der Waals surface area contributed by atoms with Gasteiger partial charge in [0.2, 0.25) is 0 Å². The summed E-state index contributed by atoms with van der Waals surface area (Å²) in [5.74, 6) is -1.36. The number of hydrogen-bond donors (Lipinski definition) is 2. The summed E-state index contributed by atoms with van der Waals surface area (Å²) in [5.41, 5.74) is 0.984. The number of carbonyl (C=O) groups excluding carboxylic acids is 1. The van der Waals surface area contributed by atoms with Crippen molar-refractivity contribution < 1.29 is 14.7 Å². The van der Waals surface area contributed by atoms with E-state index >= 15 is 0 Å². The minimum Gasteiger partial charge on any atom is -0.478 e. The molecule has 0 atom stereocenters. The van der Waals surface area contributed by atoms with Crippen molar-refractivity contribution >= 4 is 29.2 Å². The van der Waals surface area contributed by atoms with Crippen LogP contribution in [0.1, 0.15) is 30.6 Å². The molecule has 0 fully saturated rings. The number of benzene rings is 1. The number of amides is 1. The number of carboxylic acid groups (broad SMARTS) is 1. The Balaban J connectivity index is 2.95. The molecule has 0 aliphatic carbocycles. The number of allylic oxidation sites excluding steroid dienone is 1. The number of hydrogen-bond acceptors (Lipinski definition) is 2. The summed E-state index contributed by atoms with van der Waals surface area (Å²) in [6.45, 7) is 3.63. The second-order valence-electron chi connectivity index (χ2n) is 3.78. The Labute approximate surface area is 110 Å². The summed E-state index contributed by atoms with van der Waals surface area (Å²) in [6, 6.07) is 4.20. The molecule has 5 heteroatoms. The van der Waals surface area contributed by atoms with E-state index in [1.807, 2.05) is 6.92 Å². The molecule has 1 amide bonds. The Morgan fingerprint density at radius 1 is 1.39 bits per heavy atom. The van der Waals surface area contributed by atoms with Crippen molar-refractivity contribution in [1.82, 2.24) is 0 Å². The zero-order valence-electron chi connectivity index (χ0n) is 10.2. The monoisotopic (exact) mass is 267 g/mol. The van der Waals surface area contributed by atoms with Crippen molar-refractivity contribution in [3.8, 4) is 0 Å². The zero-order valence-corrected chi connectivity index (χ0v) is 10.9. The minimum atomic E-state index is -1.09. The number of carbonyl (C=O) groups is 2. The standard InChI is InChI=1S/C13H14ClNO3/c1-3-4-8(2)12(16)15-11-6-9(13(17)18)5-10(14)7-11/h4-7H,3H2,1-2H3,(H,15,16)(H,17,18)/b8-4-. The van der Waals surface area contributed by atoms with E-state index in [2.05, 4.69) is 5.32 Å². The highest BCUT2D eigenvalue weighted by Gasteiger charge is 2.09. The molecular weight excluding hydrogens is 254 g/mol. The lowest BCUT2D eigenvalue weighted by Crippen LogP contribution is -2.13. The zero-order chi connectivity index (χ0) is 13.7. The lowest BCUT2D eigenvalue weighted by Gasteiger charge is -2.07. The Bertz CT molecular complexity index is 509. The van der Waals surface area contributed by atoms with E-state index < -0.39 is 5.97 Å². The molecule has 96 valence electrons. The molecule has 0 aliphatic heterocycles. The van der Waals surface area contributed by atoms with E-state index in [4.69, 9.17) is 16.7 Å². The van der Waals surface area contributed by atoms with Crippen LogP contribution in [0.25, 0.3) is 0 Å². The van der Waals surface area contributed by atoms with Crippen LogP contribution >= 0.6 is 11.6 Å². The van der Waals surface area contributed by atoms with Crippen molar-refractivity contribution in [1.29, 1.82) is 0 Å². The predicted octanol–water partition coefficient (Wildman–Crippen LogP) is 3.33. The Kier molecular flexibility index (Phi) is 4.92. The summed E-state index contributed by atoms with van der Waals surface area (Å²) in [6.07, 6.45) is 2.55. The highest BCUT2D eigenvalue weighted by Crippen LogP contribution is 2.19. The van der Waals surface area contributed by atoms with Gasteiger partial charge >= 0.3 is 5.97 Å². The molecule has 0 saturated carbocycles. The number of nitrogens with one attached hydrogen (secondary N) is 1. The first-order valence-electron chi connectivity index (χ1n) is 5.46. The number of aromatic carboxylic acids is 1. The van der Waals surface area contributed by atoms with Crippen LogP contribution in [0.2, 0.25) is 5.02 Å². The van der Waals surface area contributed by atoms with Crippen LogP contribution in [-0.4, -0.2) is 17.0 Å². The first-order valence-corrected chi connectivity index (χ1v) is 5.83. The molecule has 0 bridgehead atoms. The Morgan fingerprint density at radius 2 is 2.06 bits per heavy atom. The van der Waals surface area contributed by atoms with Crippen LogP contribution in [0, 0.1) is 0 Å². The maximum Gasteiger partial charge on any atom is 0.335 e. The maximum absolute atomic E-state index is 11.7. The van der Waals surface area contributed by atoms with Gasteiger partial charge in [0.15, 0.2) is 0 Å². The lowest BCUT2D eigenvalue weighted by atomic mass is 10.2. The van der Waals surface area contributed by atoms with Crippen LogP contribution < -0.4 is 5.32 Å². The van der Waals surface area contributed by atoms with Gasteiger partial charge in [-0.05, 0) is 31.5 Å². The van der Waals surface area contributed by atoms with Gasteiger partial charge in [0, 0.05) is 16.3 Å².